The van der Waals surface area contributed by atoms with E-state index in [4.69, 9.17) is 32.4 Å². The predicted octanol–water partition coefficient (Wildman–Crippen LogP) is 6.65. The van der Waals surface area contributed by atoms with Gasteiger partial charge < -0.3 is 9.15 Å². The Labute approximate surface area is 172 Å². The first-order chi connectivity index (χ1) is 13.5. The van der Waals surface area contributed by atoms with Crippen molar-refractivity contribution in [2.24, 2.45) is 0 Å². The lowest BCUT2D eigenvalue weighted by atomic mass is 10.1. The van der Waals surface area contributed by atoms with Crippen molar-refractivity contribution in [1.29, 1.82) is 0 Å². The first-order valence-electron chi connectivity index (χ1n) is 8.72. The molecule has 4 rings (SSSR count). The molecule has 5 heteroatoms. The molecule has 0 radical (unpaired) electrons. The van der Waals surface area contributed by atoms with Crippen LogP contribution in [0.25, 0.3) is 22.3 Å². The van der Waals surface area contributed by atoms with Crippen LogP contribution < -0.4 is 10.2 Å². The zero-order valence-corrected chi connectivity index (χ0v) is 16.6. The second-order valence-corrected chi connectivity index (χ2v) is 7.32. The lowest BCUT2D eigenvalue weighted by Gasteiger charge is -2.13. The van der Waals surface area contributed by atoms with Crippen LogP contribution in [0.5, 0.6) is 5.75 Å². The van der Waals surface area contributed by atoms with Gasteiger partial charge in [-0.1, -0.05) is 53.0 Å². The van der Waals surface area contributed by atoms with Gasteiger partial charge >= 0.3 is 0 Å². The minimum Gasteiger partial charge on any atom is -0.481 e. The maximum Gasteiger partial charge on any atom is 0.235 e. The van der Waals surface area contributed by atoms with Crippen LogP contribution >= 0.6 is 23.2 Å². The molecule has 0 bridgehead atoms. The highest BCUT2D eigenvalue weighted by Gasteiger charge is 2.18. The lowest BCUT2D eigenvalue weighted by molar-refractivity contribution is 0.298. The minimum absolute atomic E-state index is 0.153. The number of ether oxygens (including phenoxy) is 1. The molecule has 1 heterocycles. The van der Waals surface area contributed by atoms with Gasteiger partial charge in [0.15, 0.2) is 5.76 Å². The molecule has 0 fully saturated rings. The summed E-state index contributed by atoms with van der Waals surface area (Å²) in [7, 11) is 0. The molecule has 4 aromatic rings. The van der Waals surface area contributed by atoms with Crippen LogP contribution in [-0.2, 0) is 6.61 Å². The minimum atomic E-state index is -0.220. The molecular weight excluding hydrogens is 395 g/mol. The summed E-state index contributed by atoms with van der Waals surface area (Å²) in [4.78, 5) is 13.2. The molecule has 0 unspecified atom stereocenters. The van der Waals surface area contributed by atoms with E-state index >= 15 is 0 Å². The second kappa shape index (κ2) is 7.70. The molecule has 0 atom stereocenters. The zero-order valence-electron chi connectivity index (χ0n) is 15.0. The van der Waals surface area contributed by atoms with Crippen molar-refractivity contribution < 1.29 is 9.15 Å². The maximum atomic E-state index is 13.2. The van der Waals surface area contributed by atoms with Crippen molar-refractivity contribution in [1.82, 2.24) is 0 Å². The van der Waals surface area contributed by atoms with Crippen molar-refractivity contribution in [3.8, 4) is 17.1 Å². The summed E-state index contributed by atoms with van der Waals surface area (Å²) in [5, 5.41) is 1.66. The highest BCUT2D eigenvalue weighted by atomic mass is 35.5. The van der Waals surface area contributed by atoms with E-state index in [1.54, 1.807) is 42.5 Å². The van der Waals surface area contributed by atoms with Crippen molar-refractivity contribution in [2.75, 3.05) is 0 Å². The number of fused-ring (bicyclic) bond motifs is 1. The molecule has 140 valence electrons. The molecule has 0 spiro atoms. The number of halogens is 2. The van der Waals surface area contributed by atoms with Gasteiger partial charge in [0.25, 0.3) is 0 Å². The second-order valence-electron chi connectivity index (χ2n) is 6.48. The molecule has 0 aliphatic carbocycles. The summed E-state index contributed by atoms with van der Waals surface area (Å²) in [5.74, 6) is 0.519. The summed E-state index contributed by atoms with van der Waals surface area (Å²) >= 11 is 12.2. The molecule has 3 aromatic carbocycles. The number of benzene rings is 3. The van der Waals surface area contributed by atoms with E-state index in [0.29, 0.717) is 32.3 Å². The smallest absolute Gasteiger partial charge is 0.235 e. The fourth-order valence-electron chi connectivity index (χ4n) is 2.98. The van der Waals surface area contributed by atoms with Crippen LogP contribution in [0.15, 0.2) is 75.9 Å². The van der Waals surface area contributed by atoms with E-state index in [1.807, 2.05) is 31.2 Å². The van der Waals surface area contributed by atoms with Crippen LogP contribution in [0.3, 0.4) is 0 Å². The van der Waals surface area contributed by atoms with E-state index < -0.39 is 0 Å². The summed E-state index contributed by atoms with van der Waals surface area (Å²) in [6.07, 6.45) is 0. The Morgan fingerprint density at radius 2 is 1.71 bits per heavy atom. The first-order valence-corrected chi connectivity index (χ1v) is 9.48. The largest absolute Gasteiger partial charge is 0.481 e. The van der Waals surface area contributed by atoms with Crippen LogP contribution in [0.4, 0.5) is 0 Å². The average molecular weight is 411 g/mol. The van der Waals surface area contributed by atoms with E-state index in [0.717, 1.165) is 11.1 Å². The molecule has 0 saturated carbocycles. The fraction of sp³-hybridized carbons (Fsp3) is 0.0870. The summed E-state index contributed by atoms with van der Waals surface area (Å²) < 4.78 is 12.0. The monoisotopic (exact) mass is 410 g/mol. The molecule has 0 aliphatic heterocycles. The molecule has 0 saturated heterocycles. The Morgan fingerprint density at radius 1 is 0.964 bits per heavy atom. The van der Waals surface area contributed by atoms with Gasteiger partial charge in [0.1, 0.15) is 12.2 Å². The van der Waals surface area contributed by atoms with Gasteiger partial charge in [-0.15, -0.1) is 0 Å². The highest BCUT2D eigenvalue weighted by molar-refractivity contribution is 6.31. The Balaban J connectivity index is 1.87. The van der Waals surface area contributed by atoms with Gasteiger partial charge in [0, 0.05) is 21.2 Å². The van der Waals surface area contributed by atoms with Gasteiger partial charge in [-0.05, 0) is 49.4 Å². The molecule has 0 N–H and O–H groups in total. The van der Waals surface area contributed by atoms with E-state index in [-0.39, 0.29) is 17.8 Å². The van der Waals surface area contributed by atoms with Crippen LogP contribution in [0.1, 0.15) is 11.1 Å². The van der Waals surface area contributed by atoms with Gasteiger partial charge in [-0.25, -0.2) is 0 Å². The topological polar surface area (TPSA) is 39.4 Å². The highest BCUT2D eigenvalue weighted by Crippen LogP contribution is 2.32. The third kappa shape index (κ3) is 3.64. The Hall–Kier alpha value is -2.75. The number of hydrogen-bond donors (Lipinski definition) is 0. The third-order valence-corrected chi connectivity index (χ3v) is 5.06. The normalized spacial score (nSPS) is 11.0. The molecule has 28 heavy (non-hydrogen) atoms. The zero-order chi connectivity index (χ0) is 19.7. The molecule has 0 amide bonds. The van der Waals surface area contributed by atoms with Crippen molar-refractivity contribution >= 4 is 34.2 Å². The van der Waals surface area contributed by atoms with Crippen LogP contribution in [-0.4, -0.2) is 0 Å². The molecule has 0 aliphatic rings. The first kappa shape index (κ1) is 18.6. The van der Waals surface area contributed by atoms with Gasteiger partial charge in [-0.3, -0.25) is 4.79 Å². The van der Waals surface area contributed by atoms with Gasteiger partial charge in [0.05, 0.1) is 5.39 Å². The van der Waals surface area contributed by atoms with Crippen LogP contribution in [0.2, 0.25) is 10.0 Å². The molecular formula is C23H16Cl2O3. The Morgan fingerprint density at radius 3 is 2.46 bits per heavy atom. The number of aryl methyl sites for hydroxylation is 1. The molecule has 3 nitrogen and oxygen atoms in total. The van der Waals surface area contributed by atoms with Crippen molar-refractivity contribution in [3.05, 3.63) is 98.1 Å². The van der Waals surface area contributed by atoms with Crippen molar-refractivity contribution in [3.63, 3.8) is 0 Å². The average Bonchev–Trinajstić information content (AvgIpc) is 2.69. The Kier molecular flexibility index (Phi) is 5.12. The van der Waals surface area contributed by atoms with E-state index in [9.17, 15) is 4.79 Å². The summed E-state index contributed by atoms with van der Waals surface area (Å²) in [5.41, 5.74) is 2.75. The van der Waals surface area contributed by atoms with Gasteiger partial charge in [-0.2, -0.15) is 0 Å². The van der Waals surface area contributed by atoms with E-state index in [1.165, 1.54) is 0 Å². The lowest BCUT2D eigenvalue weighted by Crippen LogP contribution is -2.10. The standard InChI is InChI=1S/C23H16Cl2O3/c1-14-6-11-20-18(12-14)21(26)23(27-13-16-4-2-3-5-19(16)25)22(28-20)15-7-9-17(24)10-8-15/h2-12H,13H2,1H3. The van der Waals surface area contributed by atoms with Gasteiger partial charge in [0.2, 0.25) is 11.2 Å². The summed E-state index contributed by atoms with van der Waals surface area (Å²) in [6, 6.07) is 19.9. The number of rotatable bonds is 4. The Bertz CT molecular complexity index is 1210. The van der Waals surface area contributed by atoms with E-state index in [2.05, 4.69) is 0 Å². The quantitative estimate of drug-likeness (QED) is 0.377. The fourth-order valence-corrected chi connectivity index (χ4v) is 3.30. The predicted molar refractivity (Wildman–Crippen MR) is 113 cm³/mol. The third-order valence-electron chi connectivity index (χ3n) is 4.44. The maximum absolute atomic E-state index is 13.2. The summed E-state index contributed by atoms with van der Waals surface area (Å²) in [6.45, 7) is 2.08. The molecule has 1 aromatic heterocycles. The van der Waals surface area contributed by atoms with Crippen LogP contribution in [0, 0.1) is 6.92 Å². The SMILES string of the molecule is Cc1ccc2oc(-c3ccc(Cl)cc3)c(OCc3ccccc3Cl)c(=O)c2c1. The number of hydrogen-bond acceptors (Lipinski definition) is 3. The van der Waals surface area contributed by atoms with Crippen molar-refractivity contribution in [2.45, 2.75) is 13.5 Å².